The van der Waals surface area contributed by atoms with Gasteiger partial charge in [0.2, 0.25) is 0 Å². The van der Waals surface area contributed by atoms with Crippen molar-refractivity contribution >= 4 is 17.2 Å². The lowest BCUT2D eigenvalue weighted by Gasteiger charge is -2.25. The predicted molar refractivity (Wildman–Crippen MR) is 78.0 cm³/mol. The zero-order chi connectivity index (χ0) is 13.9. The van der Waals surface area contributed by atoms with Crippen molar-refractivity contribution in [2.24, 2.45) is 5.92 Å². The average Bonchev–Trinajstić information content (AvgIpc) is 2.91. The fourth-order valence-electron chi connectivity index (χ4n) is 2.96. The zero-order valence-electron chi connectivity index (χ0n) is 11.8. The molecule has 1 aromatic carbocycles. The summed E-state index contributed by atoms with van der Waals surface area (Å²) in [5.41, 5.74) is 0.980. The van der Waals surface area contributed by atoms with Crippen LogP contribution >= 0.6 is 0 Å². The molecule has 1 saturated carbocycles. The molecule has 0 saturated heterocycles. The third-order valence-electron chi connectivity index (χ3n) is 4.12. The van der Waals surface area contributed by atoms with Crippen LogP contribution in [0.4, 0.5) is 0 Å². The quantitative estimate of drug-likeness (QED) is 0.802. The number of carbonyl (C=O) groups excluding carboxylic acids is 1. The summed E-state index contributed by atoms with van der Waals surface area (Å²) >= 11 is 0. The van der Waals surface area contributed by atoms with Crippen molar-refractivity contribution in [1.82, 2.24) is 9.78 Å². The molecule has 0 bridgehead atoms. The van der Waals surface area contributed by atoms with Crippen molar-refractivity contribution in [2.75, 3.05) is 6.61 Å². The highest BCUT2D eigenvalue weighted by molar-refractivity contribution is 5.79. The van der Waals surface area contributed by atoms with Gasteiger partial charge < -0.3 is 9.53 Å². The smallest absolute Gasteiger partial charge is 0.123 e. The highest BCUT2D eigenvalue weighted by Gasteiger charge is 2.22. The third-order valence-corrected chi connectivity index (χ3v) is 4.12. The molecule has 0 unspecified atom stereocenters. The summed E-state index contributed by atoms with van der Waals surface area (Å²) in [4.78, 5) is 10.8. The molecule has 3 rings (SSSR count). The molecule has 4 heteroatoms. The Balaban J connectivity index is 1.80. The van der Waals surface area contributed by atoms with E-state index in [1.54, 1.807) is 0 Å². The summed E-state index contributed by atoms with van der Waals surface area (Å²) in [6.45, 7) is 2.65. The number of benzene rings is 1. The molecule has 0 radical (unpaired) electrons. The number of carbonyl (C=O) groups is 1. The Labute approximate surface area is 118 Å². The molecule has 1 fully saturated rings. The lowest BCUT2D eigenvalue weighted by atomic mass is 9.87. The summed E-state index contributed by atoms with van der Waals surface area (Å²) in [7, 11) is 0. The van der Waals surface area contributed by atoms with Gasteiger partial charge >= 0.3 is 0 Å². The molecule has 1 aromatic heterocycles. The van der Waals surface area contributed by atoms with Gasteiger partial charge in [0.05, 0.1) is 18.2 Å². The number of hydrogen-bond donors (Lipinski definition) is 0. The Morgan fingerprint density at radius 3 is 2.85 bits per heavy atom. The van der Waals surface area contributed by atoms with Gasteiger partial charge in [0.15, 0.2) is 0 Å². The highest BCUT2D eigenvalue weighted by Crippen LogP contribution is 2.32. The Bertz CT molecular complexity index is 598. The lowest BCUT2D eigenvalue weighted by molar-refractivity contribution is -0.112. The number of aromatic nitrogens is 2. The van der Waals surface area contributed by atoms with Gasteiger partial charge in [-0.2, -0.15) is 5.10 Å². The molecular formula is C16H20N2O2. The zero-order valence-corrected chi connectivity index (χ0v) is 11.8. The van der Waals surface area contributed by atoms with Crippen LogP contribution in [0.3, 0.4) is 0 Å². The second-order valence-corrected chi connectivity index (χ2v) is 5.47. The van der Waals surface area contributed by atoms with Gasteiger partial charge in [-0.05, 0) is 44.7 Å². The van der Waals surface area contributed by atoms with Gasteiger partial charge in [0, 0.05) is 23.6 Å². The van der Waals surface area contributed by atoms with Gasteiger partial charge in [-0.15, -0.1) is 0 Å². The van der Waals surface area contributed by atoms with Gasteiger partial charge in [0.1, 0.15) is 12.0 Å². The predicted octanol–water partition coefficient (Wildman–Crippen LogP) is 3.37. The van der Waals surface area contributed by atoms with Crippen LogP contribution in [0.1, 0.15) is 38.6 Å². The summed E-state index contributed by atoms with van der Waals surface area (Å²) in [5, 5.41) is 5.82. The topological polar surface area (TPSA) is 44.1 Å². The van der Waals surface area contributed by atoms with E-state index in [-0.39, 0.29) is 5.92 Å². The summed E-state index contributed by atoms with van der Waals surface area (Å²) in [6, 6.07) is 6.46. The number of ether oxygens (including phenoxy) is 1. The normalized spacial score (nSPS) is 22.9. The Morgan fingerprint density at radius 2 is 2.15 bits per heavy atom. The molecular weight excluding hydrogens is 252 g/mol. The minimum Gasteiger partial charge on any atom is -0.494 e. The van der Waals surface area contributed by atoms with Crippen LogP contribution in [-0.2, 0) is 4.79 Å². The summed E-state index contributed by atoms with van der Waals surface area (Å²) in [5.74, 6) is 1.12. The summed E-state index contributed by atoms with van der Waals surface area (Å²) < 4.78 is 7.58. The SMILES string of the molecule is CCOc1ccc2cn(C3CCC(C=O)CC3)nc2c1. The van der Waals surface area contributed by atoms with E-state index >= 15 is 0 Å². The first kappa shape index (κ1) is 13.2. The van der Waals surface area contributed by atoms with E-state index in [9.17, 15) is 4.79 Å². The molecule has 20 heavy (non-hydrogen) atoms. The third kappa shape index (κ3) is 2.55. The highest BCUT2D eigenvalue weighted by atomic mass is 16.5. The molecule has 0 atom stereocenters. The van der Waals surface area contributed by atoms with E-state index in [1.165, 1.54) is 0 Å². The Kier molecular flexibility index (Phi) is 3.72. The minimum absolute atomic E-state index is 0.251. The van der Waals surface area contributed by atoms with Crippen molar-refractivity contribution in [1.29, 1.82) is 0 Å². The first-order valence-electron chi connectivity index (χ1n) is 7.37. The number of nitrogens with zero attached hydrogens (tertiary/aromatic N) is 2. The van der Waals surface area contributed by atoms with Crippen LogP contribution in [0, 0.1) is 5.92 Å². The maximum atomic E-state index is 10.8. The molecule has 0 amide bonds. The van der Waals surface area contributed by atoms with E-state index < -0.39 is 0 Å². The molecule has 0 aliphatic heterocycles. The van der Waals surface area contributed by atoms with E-state index in [0.29, 0.717) is 12.6 Å². The first-order chi connectivity index (χ1) is 9.80. The molecule has 1 aliphatic carbocycles. The van der Waals surface area contributed by atoms with Crippen molar-refractivity contribution in [3.63, 3.8) is 0 Å². The minimum atomic E-state index is 0.251. The van der Waals surface area contributed by atoms with Crippen molar-refractivity contribution in [3.05, 3.63) is 24.4 Å². The summed E-state index contributed by atoms with van der Waals surface area (Å²) in [6.07, 6.45) is 7.25. The number of fused-ring (bicyclic) bond motifs is 1. The van der Waals surface area contributed by atoms with E-state index in [4.69, 9.17) is 4.74 Å². The average molecular weight is 272 g/mol. The first-order valence-corrected chi connectivity index (χ1v) is 7.37. The fraction of sp³-hybridized carbons (Fsp3) is 0.500. The monoisotopic (exact) mass is 272 g/mol. The largest absolute Gasteiger partial charge is 0.494 e. The van der Waals surface area contributed by atoms with Crippen LogP contribution in [-0.4, -0.2) is 22.7 Å². The van der Waals surface area contributed by atoms with E-state index in [0.717, 1.165) is 48.6 Å². The van der Waals surface area contributed by atoms with Gasteiger partial charge in [0.25, 0.3) is 0 Å². The van der Waals surface area contributed by atoms with Crippen LogP contribution in [0.2, 0.25) is 0 Å². The van der Waals surface area contributed by atoms with E-state index in [2.05, 4.69) is 22.0 Å². The van der Waals surface area contributed by atoms with Crippen LogP contribution in [0.25, 0.3) is 10.9 Å². The van der Waals surface area contributed by atoms with Crippen LogP contribution in [0.5, 0.6) is 5.75 Å². The second kappa shape index (κ2) is 5.65. The molecule has 0 spiro atoms. The molecule has 4 nitrogen and oxygen atoms in total. The fourth-order valence-corrected chi connectivity index (χ4v) is 2.96. The molecule has 2 aromatic rings. The number of rotatable bonds is 4. The van der Waals surface area contributed by atoms with Gasteiger partial charge in [-0.3, -0.25) is 4.68 Å². The standard InChI is InChI=1S/C16H20N2O2/c1-2-20-15-8-5-13-10-18(17-16(13)9-15)14-6-3-12(11-19)4-7-14/h5,8-12,14H,2-4,6-7H2,1H3. The van der Waals surface area contributed by atoms with Crippen LogP contribution in [0.15, 0.2) is 24.4 Å². The molecule has 1 aliphatic rings. The van der Waals surface area contributed by atoms with E-state index in [1.807, 2.05) is 19.1 Å². The Morgan fingerprint density at radius 1 is 1.35 bits per heavy atom. The van der Waals surface area contributed by atoms with Crippen molar-refractivity contribution < 1.29 is 9.53 Å². The number of hydrogen-bond acceptors (Lipinski definition) is 3. The maximum Gasteiger partial charge on any atom is 0.123 e. The van der Waals surface area contributed by atoms with Gasteiger partial charge in [-0.25, -0.2) is 0 Å². The molecule has 0 N–H and O–H groups in total. The van der Waals surface area contributed by atoms with Crippen molar-refractivity contribution in [3.8, 4) is 5.75 Å². The maximum absolute atomic E-state index is 10.8. The molecule has 106 valence electrons. The lowest BCUT2D eigenvalue weighted by Crippen LogP contribution is -2.19. The molecule has 1 heterocycles. The number of aldehydes is 1. The van der Waals surface area contributed by atoms with Crippen LogP contribution < -0.4 is 4.74 Å². The second-order valence-electron chi connectivity index (χ2n) is 5.47. The van der Waals surface area contributed by atoms with Crippen molar-refractivity contribution in [2.45, 2.75) is 38.6 Å². The van der Waals surface area contributed by atoms with Gasteiger partial charge in [-0.1, -0.05) is 0 Å². The Hall–Kier alpha value is -1.84.